The molecule has 0 aliphatic carbocycles. The fourth-order valence-electron chi connectivity index (χ4n) is 2.23. The average molecular weight is 308 g/mol. The van der Waals surface area contributed by atoms with Crippen molar-refractivity contribution < 1.29 is 13.2 Å². The Kier molecular flexibility index (Phi) is 3.19. The molecular weight excluding hydrogens is 297 g/mol. The van der Waals surface area contributed by atoms with Gasteiger partial charge < -0.3 is 5.73 Å². The molecule has 3 aromatic rings. The summed E-state index contributed by atoms with van der Waals surface area (Å²) in [6.45, 7) is 1.06. The molecule has 9 heteroatoms. The van der Waals surface area contributed by atoms with Crippen LogP contribution >= 0.6 is 0 Å². The highest BCUT2D eigenvalue weighted by Crippen LogP contribution is 2.40. The number of aromatic amines is 1. The molecule has 3 N–H and O–H groups in total. The number of pyridine rings is 1. The summed E-state index contributed by atoms with van der Waals surface area (Å²) < 4.78 is 39.4. The van der Waals surface area contributed by atoms with E-state index < -0.39 is 12.1 Å². The van der Waals surface area contributed by atoms with E-state index in [9.17, 15) is 13.2 Å². The maximum atomic E-state index is 13.1. The molecule has 0 aromatic carbocycles. The first-order valence-corrected chi connectivity index (χ1v) is 6.36. The Morgan fingerprint density at radius 1 is 1.23 bits per heavy atom. The van der Waals surface area contributed by atoms with Gasteiger partial charge in [0.25, 0.3) is 0 Å². The number of hydrogen-bond donors (Lipinski definition) is 2. The normalized spacial score (nSPS) is 13.5. The Hall–Kier alpha value is -2.71. The van der Waals surface area contributed by atoms with E-state index >= 15 is 0 Å². The van der Waals surface area contributed by atoms with Crippen LogP contribution in [0.3, 0.4) is 0 Å². The monoisotopic (exact) mass is 308 g/mol. The van der Waals surface area contributed by atoms with E-state index in [0.717, 1.165) is 6.92 Å². The van der Waals surface area contributed by atoms with Crippen LogP contribution in [-0.4, -0.2) is 31.6 Å². The molecule has 0 spiro atoms. The van der Waals surface area contributed by atoms with Crippen molar-refractivity contribution in [3.63, 3.8) is 0 Å². The van der Waals surface area contributed by atoms with Gasteiger partial charge in [-0.05, 0) is 13.0 Å². The zero-order chi connectivity index (χ0) is 15.9. The van der Waals surface area contributed by atoms with Crippen molar-refractivity contribution in [2.45, 2.75) is 19.0 Å². The van der Waals surface area contributed by atoms with Crippen LogP contribution in [0.1, 0.15) is 18.5 Å². The molecule has 1 atom stereocenters. The Bertz CT molecular complexity index is 812. The molecule has 3 heterocycles. The molecule has 0 amide bonds. The number of aromatic nitrogens is 5. The van der Waals surface area contributed by atoms with E-state index in [4.69, 9.17) is 5.73 Å². The molecule has 0 radical (unpaired) electrons. The van der Waals surface area contributed by atoms with Crippen molar-refractivity contribution in [2.24, 2.45) is 0 Å². The highest BCUT2D eigenvalue weighted by molar-refractivity contribution is 5.99. The van der Waals surface area contributed by atoms with Gasteiger partial charge >= 0.3 is 6.18 Å². The number of nitrogens with two attached hydrogens (primary N) is 1. The highest BCUT2D eigenvalue weighted by atomic mass is 19.4. The number of nitrogens with one attached hydrogen (secondary N) is 1. The average Bonchev–Trinajstić information content (AvgIpc) is 2.87. The molecule has 0 fully saturated rings. The van der Waals surface area contributed by atoms with Crippen LogP contribution < -0.4 is 5.73 Å². The first kappa shape index (κ1) is 14.2. The molecule has 22 heavy (non-hydrogen) atoms. The standard InChI is InChI=1S/C13H11F3N6/c1-6(13(14,15)16)10-9(7-2-3-19-20-4-7)11-8(5-18-10)12(17)22-21-11/h2-6H,1H3,(H3,17,21,22). The number of hydrogen-bond acceptors (Lipinski definition) is 5. The van der Waals surface area contributed by atoms with Crippen LogP contribution in [0.2, 0.25) is 0 Å². The van der Waals surface area contributed by atoms with Crippen LogP contribution in [-0.2, 0) is 0 Å². The number of alkyl halides is 3. The Morgan fingerprint density at radius 3 is 2.64 bits per heavy atom. The largest absolute Gasteiger partial charge is 0.397 e. The third kappa shape index (κ3) is 2.24. The lowest BCUT2D eigenvalue weighted by molar-refractivity contribution is -0.146. The molecule has 3 aromatic heterocycles. The van der Waals surface area contributed by atoms with Crippen molar-refractivity contribution in [3.8, 4) is 11.1 Å². The van der Waals surface area contributed by atoms with E-state index in [2.05, 4.69) is 25.4 Å². The fraction of sp³-hybridized carbons (Fsp3) is 0.231. The van der Waals surface area contributed by atoms with Gasteiger partial charge in [-0.3, -0.25) is 10.1 Å². The molecule has 0 bridgehead atoms. The number of H-pyrrole nitrogens is 1. The second-order valence-corrected chi connectivity index (χ2v) is 4.81. The number of fused-ring (bicyclic) bond motifs is 1. The lowest BCUT2D eigenvalue weighted by atomic mass is 9.95. The summed E-state index contributed by atoms with van der Waals surface area (Å²) in [5.41, 5.74) is 6.72. The summed E-state index contributed by atoms with van der Waals surface area (Å²) in [5, 5.41) is 14.3. The summed E-state index contributed by atoms with van der Waals surface area (Å²) in [7, 11) is 0. The van der Waals surface area contributed by atoms with Gasteiger partial charge in [0, 0.05) is 17.3 Å². The molecule has 114 valence electrons. The summed E-state index contributed by atoms with van der Waals surface area (Å²) in [6.07, 6.45) is -0.346. The summed E-state index contributed by atoms with van der Waals surface area (Å²) in [4.78, 5) is 3.97. The predicted octanol–water partition coefficient (Wildman–Crippen LogP) is 2.66. The first-order valence-electron chi connectivity index (χ1n) is 6.36. The minimum Gasteiger partial charge on any atom is -0.382 e. The lowest BCUT2D eigenvalue weighted by Gasteiger charge is -2.18. The van der Waals surface area contributed by atoms with Gasteiger partial charge in [0.05, 0.1) is 34.9 Å². The van der Waals surface area contributed by atoms with Gasteiger partial charge in [-0.25, -0.2) is 0 Å². The molecule has 0 saturated heterocycles. The number of anilines is 1. The van der Waals surface area contributed by atoms with Crippen molar-refractivity contribution in [3.05, 3.63) is 30.4 Å². The topological polar surface area (TPSA) is 93.4 Å². The molecule has 1 unspecified atom stereocenters. The second kappa shape index (κ2) is 4.93. The van der Waals surface area contributed by atoms with Crippen molar-refractivity contribution in [1.29, 1.82) is 0 Å². The second-order valence-electron chi connectivity index (χ2n) is 4.81. The van der Waals surface area contributed by atoms with Gasteiger partial charge in [0.1, 0.15) is 0 Å². The van der Waals surface area contributed by atoms with Crippen LogP contribution in [0.15, 0.2) is 24.7 Å². The van der Waals surface area contributed by atoms with Crippen LogP contribution in [0.5, 0.6) is 0 Å². The predicted molar refractivity (Wildman–Crippen MR) is 73.8 cm³/mol. The SMILES string of the molecule is CC(c1ncc2c(N)n[nH]c2c1-c1ccnnc1)C(F)(F)F. The number of halogens is 3. The van der Waals surface area contributed by atoms with Gasteiger partial charge in [0.2, 0.25) is 0 Å². The number of rotatable bonds is 2. The van der Waals surface area contributed by atoms with Crippen LogP contribution in [0.25, 0.3) is 22.0 Å². The molecule has 6 nitrogen and oxygen atoms in total. The first-order chi connectivity index (χ1) is 10.4. The van der Waals surface area contributed by atoms with E-state index in [1.165, 1.54) is 18.6 Å². The fourth-order valence-corrected chi connectivity index (χ4v) is 2.23. The van der Waals surface area contributed by atoms with Crippen LogP contribution in [0.4, 0.5) is 19.0 Å². The molecular formula is C13H11F3N6. The third-order valence-corrected chi connectivity index (χ3v) is 3.45. The van der Waals surface area contributed by atoms with Gasteiger partial charge in [-0.2, -0.15) is 28.5 Å². The molecule has 0 aliphatic heterocycles. The van der Waals surface area contributed by atoms with E-state index in [-0.39, 0.29) is 17.1 Å². The van der Waals surface area contributed by atoms with E-state index in [0.29, 0.717) is 16.5 Å². The maximum Gasteiger partial charge on any atom is 0.397 e. The van der Waals surface area contributed by atoms with Crippen molar-refractivity contribution in [2.75, 3.05) is 5.73 Å². The Labute approximate surface area is 122 Å². The third-order valence-electron chi connectivity index (χ3n) is 3.45. The van der Waals surface area contributed by atoms with Crippen molar-refractivity contribution in [1.82, 2.24) is 25.4 Å². The summed E-state index contributed by atoms with van der Waals surface area (Å²) >= 11 is 0. The lowest BCUT2D eigenvalue weighted by Crippen LogP contribution is -2.19. The minimum absolute atomic E-state index is 0.114. The minimum atomic E-state index is -4.42. The van der Waals surface area contributed by atoms with Gasteiger partial charge in [-0.1, -0.05) is 0 Å². The maximum absolute atomic E-state index is 13.1. The number of nitrogen functional groups attached to an aromatic ring is 1. The van der Waals surface area contributed by atoms with Crippen LogP contribution in [0, 0.1) is 0 Å². The van der Waals surface area contributed by atoms with Gasteiger partial charge in [-0.15, -0.1) is 0 Å². The Morgan fingerprint density at radius 2 is 2.00 bits per heavy atom. The van der Waals surface area contributed by atoms with Crippen molar-refractivity contribution >= 4 is 16.7 Å². The quantitative estimate of drug-likeness (QED) is 0.759. The zero-order valence-electron chi connectivity index (χ0n) is 11.4. The number of nitrogens with zero attached hydrogens (tertiary/aromatic N) is 4. The molecule has 0 aliphatic rings. The zero-order valence-corrected chi connectivity index (χ0v) is 11.4. The smallest absolute Gasteiger partial charge is 0.382 e. The Balaban J connectivity index is 2.33. The van der Waals surface area contributed by atoms with E-state index in [1.807, 2.05) is 0 Å². The van der Waals surface area contributed by atoms with Gasteiger partial charge in [0.15, 0.2) is 5.82 Å². The summed E-state index contributed by atoms with van der Waals surface area (Å²) in [5.74, 6) is -1.57. The summed E-state index contributed by atoms with van der Waals surface area (Å²) in [6, 6.07) is 1.56. The molecule has 3 rings (SSSR count). The van der Waals surface area contributed by atoms with E-state index in [1.54, 1.807) is 6.07 Å². The molecule has 0 saturated carbocycles. The highest BCUT2D eigenvalue weighted by Gasteiger charge is 2.40.